The number of hydrogen-bond acceptors (Lipinski definition) is 5. The fourth-order valence-electron chi connectivity index (χ4n) is 2.43. The number of aryl methyl sites for hydroxylation is 1. The summed E-state index contributed by atoms with van der Waals surface area (Å²) in [6, 6.07) is 8.66. The van der Waals surface area contributed by atoms with Crippen molar-refractivity contribution in [3.05, 3.63) is 53.5 Å². The summed E-state index contributed by atoms with van der Waals surface area (Å²) in [7, 11) is 0. The molecule has 3 rings (SSSR count). The van der Waals surface area contributed by atoms with Gasteiger partial charge in [0.1, 0.15) is 11.3 Å². The Morgan fingerprint density at radius 3 is 2.79 bits per heavy atom. The molecule has 1 N–H and O–H groups in total. The second kappa shape index (κ2) is 6.62. The van der Waals surface area contributed by atoms with E-state index in [4.69, 9.17) is 13.9 Å². The first kappa shape index (κ1) is 15.9. The molecular weight excluding hydrogens is 310 g/mol. The Balaban J connectivity index is 1.77. The molecule has 124 valence electrons. The number of furan rings is 1. The van der Waals surface area contributed by atoms with Crippen molar-refractivity contribution in [1.82, 2.24) is 4.98 Å². The minimum Gasteiger partial charge on any atom is -0.494 e. The van der Waals surface area contributed by atoms with Crippen LogP contribution in [0, 0.1) is 6.92 Å². The van der Waals surface area contributed by atoms with Gasteiger partial charge in [0, 0.05) is 17.1 Å². The minimum absolute atomic E-state index is 0.0953. The number of carbonyl (C=O) groups is 2. The van der Waals surface area contributed by atoms with Gasteiger partial charge in [0.05, 0.1) is 12.3 Å². The zero-order valence-corrected chi connectivity index (χ0v) is 13.4. The summed E-state index contributed by atoms with van der Waals surface area (Å²) < 4.78 is 16.1. The number of hydrogen-bond donors (Lipinski definition) is 1. The van der Waals surface area contributed by atoms with Gasteiger partial charge in [0.25, 0.3) is 0 Å². The predicted octanol–water partition coefficient (Wildman–Crippen LogP) is 3.51. The Hall–Kier alpha value is -3.02. The number of ketones is 1. The van der Waals surface area contributed by atoms with E-state index in [0.717, 1.165) is 5.39 Å². The molecule has 0 aliphatic rings. The van der Waals surface area contributed by atoms with E-state index in [1.807, 2.05) is 13.0 Å². The summed E-state index contributed by atoms with van der Waals surface area (Å²) >= 11 is 0. The lowest BCUT2D eigenvalue weighted by molar-refractivity contribution is 0.0444. The molecule has 6 heteroatoms. The van der Waals surface area contributed by atoms with Crippen LogP contribution >= 0.6 is 0 Å². The number of esters is 1. The second-order valence-corrected chi connectivity index (χ2v) is 5.23. The number of H-pyrrole nitrogens is 1. The molecular formula is C18H17NO5. The quantitative estimate of drug-likeness (QED) is 0.553. The van der Waals surface area contributed by atoms with Crippen LogP contribution < -0.4 is 4.74 Å². The molecule has 0 fully saturated rings. The molecule has 1 aromatic carbocycles. The zero-order chi connectivity index (χ0) is 17.1. The van der Waals surface area contributed by atoms with Crippen molar-refractivity contribution in [2.24, 2.45) is 0 Å². The fraction of sp³-hybridized carbons (Fsp3) is 0.222. The summed E-state index contributed by atoms with van der Waals surface area (Å²) in [6.07, 6.45) is 1.63. The van der Waals surface area contributed by atoms with Crippen LogP contribution in [0.5, 0.6) is 5.75 Å². The van der Waals surface area contributed by atoms with Crippen molar-refractivity contribution < 1.29 is 23.5 Å². The topological polar surface area (TPSA) is 81.5 Å². The van der Waals surface area contributed by atoms with Crippen LogP contribution in [-0.4, -0.2) is 30.0 Å². The third-order valence-electron chi connectivity index (χ3n) is 3.64. The molecule has 3 aromatic rings. The van der Waals surface area contributed by atoms with Crippen LogP contribution in [0.15, 0.2) is 40.9 Å². The van der Waals surface area contributed by atoms with E-state index in [9.17, 15) is 9.59 Å². The molecule has 0 spiro atoms. The lowest BCUT2D eigenvalue weighted by Crippen LogP contribution is -2.14. The number of fused-ring (bicyclic) bond motifs is 1. The van der Waals surface area contributed by atoms with Crippen molar-refractivity contribution in [3.63, 3.8) is 0 Å². The van der Waals surface area contributed by atoms with E-state index in [2.05, 4.69) is 4.98 Å². The number of carbonyl (C=O) groups excluding carboxylic acids is 2. The van der Waals surface area contributed by atoms with E-state index in [0.29, 0.717) is 29.2 Å². The Labute approximate surface area is 138 Å². The van der Waals surface area contributed by atoms with Gasteiger partial charge in [-0.3, -0.25) is 4.79 Å². The van der Waals surface area contributed by atoms with Crippen LogP contribution in [0.2, 0.25) is 0 Å². The van der Waals surface area contributed by atoms with Crippen LogP contribution in [0.4, 0.5) is 0 Å². The third kappa shape index (κ3) is 3.03. The van der Waals surface area contributed by atoms with Crippen molar-refractivity contribution in [2.45, 2.75) is 13.8 Å². The van der Waals surface area contributed by atoms with Gasteiger partial charge in [0.15, 0.2) is 6.61 Å². The summed E-state index contributed by atoms with van der Waals surface area (Å²) in [5, 5.41) is 0.781. The molecule has 2 aromatic heterocycles. The normalized spacial score (nSPS) is 10.8. The Kier molecular flexibility index (Phi) is 4.37. The molecule has 6 nitrogen and oxygen atoms in total. The predicted molar refractivity (Wildman–Crippen MR) is 87.5 cm³/mol. The summed E-state index contributed by atoms with van der Waals surface area (Å²) in [4.78, 5) is 26.8. The zero-order valence-electron chi connectivity index (χ0n) is 13.4. The molecule has 0 aliphatic heterocycles. The second-order valence-electron chi connectivity index (χ2n) is 5.23. The highest BCUT2D eigenvalue weighted by molar-refractivity contribution is 5.99. The van der Waals surface area contributed by atoms with E-state index >= 15 is 0 Å². The number of aromatic amines is 1. The molecule has 0 aliphatic carbocycles. The number of Topliss-reactive ketones (excluding diaryl/α,β-unsaturated/α-hetero) is 1. The van der Waals surface area contributed by atoms with Gasteiger partial charge in [-0.15, -0.1) is 0 Å². The smallest absolute Gasteiger partial charge is 0.375 e. The van der Waals surface area contributed by atoms with Crippen LogP contribution in [0.1, 0.15) is 33.5 Å². The van der Waals surface area contributed by atoms with Crippen molar-refractivity contribution in [2.75, 3.05) is 13.2 Å². The SMILES string of the molecule is CCOc1ccc2oc(C(=O)OCC(=O)c3ccc[nH]3)c(C)c2c1. The molecule has 24 heavy (non-hydrogen) atoms. The van der Waals surface area contributed by atoms with Crippen LogP contribution in [0.25, 0.3) is 11.0 Å². The number of ether oxygens (including phenoxy) is 2. The lowest BCUT2D eigenvalue weighted by Gasteiger charge is -2.02. The van der Waals surface area contributed by atoms with Gasteiger partial charge in [-0.2, -0.15) is 0 Å². The van der Waals surface area contributed by atoms with Gasteiger partial charge < -0.3 is 18.9 Å². The number of benzene rings is 1. The first-order valence-electron chi connectivity index (χ1n) is 7.59. The lowest BCUT2D eigenvalue weighted by atomic mass is 10.1. The van der Waals surface area contributed by atoms with Gasteiger partial charge in [-0.05, 0) is 44.2 Å². The maximum Gasteiger partial charge on any atom is 0.375 e. The average molecular weight is 327 g/mol. The molecule has 0 atom stereocenters. The van der Waals surface area contributed by atoms with Crippen LogP contribution in [-0.2, 0) is 4.74 Å². The summed E-state index contributed by atoms with van der Waals surface area (Å²) in [5.74, 6) is -0.170. The minimum atomic E-state index is -0.665. The average Bonchev–Trinajstić information content (AvgIpc) is 3.22. The Morgan fingerprint density at radius 1 is 1.25 bits per heavy atom. The van der Waals surface area contributed by atoms with Crippen molar-refractivity contribution >= 4 is 22.7 Å². The van der Waals surface area contributed by atoms with E-state index in [-0.39, 0.29) is 18.2 Å². The maximum atomic E-state index is 12.2. The van der Waals surface area contributed by atoms with Crippen molar-refractivity contribution in [1.29, 1.82) is 0 Å². The van der Waals surface area contributed by atoms with Gasteiger partial charge in [-0.25, -0.2) is 4.79 Å². The molecule has 2 heterocycles. The fourth-order valence-corrected chi connectivity index (χ4v) is 2.43. The maximum absolute atomic E-state index is 12.2. The largest absolute Gasteiger partial charge is 0.494 e. The van der Waals surface area contributed by atoms with E-state index in [1.54, 1.807) is 37.4 Å². The van der Waals surface area contributed by atoms with Gasteiger partial charge >= 0.3 is 5.97 Å². The Morgan fingerprint density at radius 2 is 2.08 bits per heavy atom. The highest BCUT2D eigenvalue weighted by atomic mass is 16.5. The molecule has 0 unspecified atom stereocenters. The van der Waals surface area contributed by atoms with Crippen LogP contribution in [0.3, 0.4) is 0 Å². The molecule has 0 saturated carbocycles. The first-order chi connectivity index (χ1) is 11.6. The number of nitrogens with one attached hydrogen (secondary N) is 1. The first-order valence-corrected chi connectivity index (χ1v) is 7.59. The molecule has 0 saturated heterocycles. The summed E-state index contributed by atoms with van der Waals surface area (Å²) in [5.41, 5.74) is 1.62. The monoisotopic (exact) mass is 327 g/mol. The Bertz CT molecular complexity index is 876. The standard InChI is InChI=1S/C18H17NO5/c1-3-22-12-6-7-16-13(9-12)11(2)17(24-16)18(21)23-10-15(20)14-5-4-8-19-14/h4-9,19H,3,10H2,1-2H3. The third-order valence-corrected chi connectivity index (χ3v) is 3.64. The number of aromatic nitrogens is 1. The van der Waals surface area contributed by atoms with Gasteiger partial charge in [0.2, 0.25) is 11.5 Å². The molecule has 0 bridgehead atoms. The highest BCUT2D eigenvalue weighted by Crippen LogP contribution is 2.29. The van der Waals surface area contributed by atoms with Crippen molar-refractivity contribution in [3.8, 4) is 5.75 Å². The molecule has 0 radical (unpaired) electrons. The highest BCUT2D eigenvalue weighted by Gasteiger charge is 2.21. The van der Waals surface area contributed by atoms with Gasteiger partial charge in [-0.1, -0.05) is 0 Å². The number of rotatable bonds is 6. The molecule has 0 amide bonds. The summed E-state index contributed by atoms with van der Waals surface area (Å²) in [6.45, 7) is 3.87. The van der Waals surface area contributed by atoms with E-state index in [1.165, 1.54) is 0 Å². The van der Waals surface area contributed by atoms with E-state index < -0.39 is 5.97 Å².